The summed E-state index contributed by atoms with van der Waals surface area (Å²) in [6, 6.07) is 15.6. The Labute approximate surface area is 104 Å². The number of benzene rings is 1. The number of hydrogen-bond donors (Lipinski definition) is 2. The molecule has 0 saturated carbocycles. The van der Waals surface area contributed by atoms with Gasteiger partial charge in [0.2, 0.25) is 0 Å². The highest BCUT2D eigenvalue weighted by atomic mass is 15.0. The predicted molar refractivity (Wildman–Crippen MR) is 71.6 cm³/mol. The van der Waals surface area contributed by atoms with Gasteiger partial charge in [0.15, 0.2) is 0 Å². The first-order valence-electron chi connectivity index (χ1n) is 5.64. The van der Waals surface area contributed by atoms with Crippen LogP contribution in [0.5, 0.6) is 0 Å². The number of fused-ring (bicyclic) bond motifs is 1. The third-order valence-electron chi connectivity index (χ3n) is 2.84. The Hall–Kier alpha value is -2.62. The molecule has 3 aromatic rings. The summed E-state index contributed by atoms with van der Waals surface area (Å²) >= 11 is 0. The SMILES string of the molecule is N=C(N)c1nc(-c2ccccc2)n2ccccc12. The fourth-order valence-electron chi connectivity index (χ4n) is 2.03. The average Bonchev–Trinajstić information content (AvgIpc) is 2.79. The molecule has 0 aliphatic carbocycles. The smallest absolute Gasteiger partial charge is 0.145 e. The van der Waals surface area contributed by atoms with E-state index in [1.54, 1.807) is 0 Å². The number of nitrogens with zero attached hydrogens (tertiary/aromatic N) is 2. The molecule has 18 heavy (non-hydrogen) atoms. The largest absolute Gasteiger partial charge is 0.382 e. The Morgan fingerprint density at radius 2 is 1.78 bits per heavy atom. The number of aromatic nitrogens is 2. The minimum Gasteiger partial charge on any atom is -0.382 e. The highest BCUT2D eigenvalue weighted by Crippen LogP contribution is 2.22. The molecule has 0 bridgehead atoms. The number of nitrogen functional groups attached to an aromatic ring is 1. The highest BCUT2D eigenvalue weighted by molar-refractivity contribution is 6.00. The molecule has 0 spiro atoms. The van der Waals surface area contributed by atoms with Crippen molar-refractivity contribution in [3.63, 3.8) is 0 Å². The maximum absolute atomic E-state index is 7.60. The number of nitrogens with one attached hydrogen (secondary N) is 1. The van der Waals surface area contributed by atoms with Gasteiger partial charge in [0, 0.05) is 11.8 Å². The lowest BCUT2D eigenvalue weighted by atomic mass is 10.2. The van der Waals surface area contributed by atoms with Crippen LogP contribution in [0.2, 0.25) is 0 Å². The molecule has 0 radical (unpaired) electrons. The van der Waals surface area contributed by atoms with E-state index in [1.165, 1.54) is 0 Å². The van der Waals surface area contributed by atoms with Crippen LogP contribution in [0.15, 0.2) is 54.7 Å². The van der Waals surface area contributed by atoms with Crippen LogP contribution in [0, 0.1) is 5.41 Å². The highest BCUT2D eigenvalue weighted by Gasteiger charge is 2.13. The summed E-state index contributed by atoms with van der Waals surface area (Å²) in [5.74, 6) is 0.789. The molecular formula is C14H12N4. The predicted octanol–water partition coefficient (Wildman–Crippen LogP) is 2.29. The number of imidazole rings is 1. The fraction of sp³-hybridized carbons (Fsp3) is 0. The van der Waals surface area contributed by atoms with Gasteiger partial charge in [0.05, 0.1) is 5.52 Å². The maximum atomic E-state index is 7.60. The van der Waals surface area contributed by atoms with E-state index in [2.05, 4.69) is 4.98 Å². The first-order chi connectivity index (χ1) is 8.77. The zero-order valence-electron chi connectivity index (χ0n) is 9.67. The van der Waals surface area contributed by atoms with Crippen molar-refractivity contribution in [3.05, 3.63) is 60.4 Å². The van der Waals surface area contributed by atoms with E-state index in [0.29, 0.717) is 5.69 Å². The Morgan fingerprint density at radius 1 is 1.06 bits per heavy atom. The van der Waals surface area contributed by atoms with Crippen LogP contribution >= 0.6 is 0 Å². The lowest BCUT2D eigenvalue weighted by Gasteiger charge is -1.99. The monoisotopic (exact) mass is 236 g/mol. The maximum Gasteiger partial charge on any atom is 0.145 e. The number of rotatable bonds is 2. The van der Waals surface area contributed by atoms with Crippen molar-refractivity contribution < 1.29 is 0 Å². The second kappa shape index (κ2) is 4.00. The van der Waals surface area contributed by atoms with E-state index in [1.807, 2.05) is 59.1 Å². The summed E-state index contributed by atoms with van der Waals surface area (Å²) < 4.78 is 1.95. The second-order valence-electron chi connectivity index (χ2n) is 4.02. The van der Waals surface area contributed by atoms with Gasteiger partial charge in [0.1, 0.15) is 17.4 Å². The van der Waals surface area contributed by atoms with Crippen LogP contribution in [0.3, 0.4) is 0 Å². The quantitative estimate of drug-likeness (QED) is 0.529. The molecule has 4 nitrogen and oxygen atoms in total. The van der Waals surface area contributed by atoms with E-state index in [0.717, 1.165) is 16.9 Å². The molecule has 88 valence electrons. The first-order valence-corrected chi connectivity index (χ1v) is 5.64. The van der Waals surface area contributed by atoms with Crippen LogP contribution in [0.4, 0.5) is 0 Å². The van der Waals surface area contributed by atoms with Gasteiger partial charge in [-0.05, 0) is 12.1 Å². The van der Waals surface area contributed by atoms with Gasteiger partial charge in [-0.2, -0.15) is 0 Å². The summed E-state index contributed by atoms with van der Waals surface area (Å²) in [5.41, 5.74) is 7.96. The van der Waals surface area contributed by atoms with Crippen molar-refractivity contribution in [2.75, 3.05) is 0 Å². The lowest BCUT2D eigenvalue weighted by molar-refractivity contribution is 1.16. The van der Waals surface area contributed by atoms with Crippen molar-refractivity contribution in [3.8, 4) is 11.4 Å². The minimum atomic E-state index is -0.0131. The van der Waals surface area contributed by atoms with Crippen LogP contribution in [0.25, 0.3) is 16.9 Å². The van der Waals surface area contributed by atoms with Gasteiger partial charge >= 0.3 is 0 Å². The summed E-state index contributed by atoms with van der Waals surface area (Å²) in [4.78, 5) is 4.47. The minimum absolute atomic E-state index is 0.0131. The Morgan fingerprint density at radius 3 is 2.50 bits per heavy atom. The average molecular weight is 236 g/mol. The molecule has 0 saturated heterocycles. The van der Waals surface area contributed by atoms with E-state index in [-0.39, 0.29) is 5.84 Å². The van der Waals surface area contributed by atoms with Gasteiger partial charge in [-0.3, -0.25) is 9.81 Å². The molecule has 3 rings (SSSR count). The van der Waals surface area contributed by atoms with Gasteiger partial charge in [-0.15, -0.1) is 0 Å². The molecule has 4 heteroatoms. The first kappa shape index (κ1) is 10.5. The van der Waals surface area contributed by atoms with Crippen LogP contribution < -0.4 is 5.73 Å². The van der Waals surface area contributed by atoms with Gasteiger partial charge < -0.3 is 5.73 Å². The fourth-order valence-corrected chi connectivity index (χ4v) is 2.03. The molecule has 0 unspecified atom stereocenters. The number of amidine groups is 1. The molecule has 3 N–H and O–H groups in total. The molecule has 0 aliphatic heterocycles. The third kappa shape index (κ3) is 1.55. The molecule has 2 aromatic heterocycles. The van der Waals surface area contributed by atoms with Gasteiger partial charge in [-0.25, -0.2) is 4.98 Å². The Balaban J connectivity index is 2.34. The van der Waals surface area contributed by atoms with Crippen molar-refractivity contribution in [1.29, 1.82) is 5.41 Å². The lowest BCUT2D eigenvalue weighted by Crippen LogP contribution is -2.11. The molecule has 1 aromatic carbocycles. The summed E-state index contributed by atoms with van der Waals surface area (Å²) in [5, 5.41) is 7.60. The molecular weight excluding hydrogens is 224 g/mol. The van der Waals surface area contributed by atoms with E-state index in [9.17, 15) is 0 Å². The molecule has 0 atom stereocenters. The topological polar surface area (TPSA) is 67.2 Å². The standard InChI is InChI=1S/C14H12N4/c15-13(16)12-11-8-4-5-9-18(11)14(17-12)10-6-2-1-3-7-10/h1-9H,(H3,15,16). The number of hydrogen-bond acceptors (Lipinski definition) is 2. The van der Waals surface area contributed by atoms with Gasteiger partial charge in [-0.1, -0.05) is 36.4 Å². The van der Waals surface area contributed by atoms with Crippen LogP contribution in [-0.4, -0.2) is 15.2 Å². The van der Waals surface area contributed by atoms with Crippen molar-refractivity contribution in [2.24, 2.45) is 5.73 Å². The molecule has 2 heterocycles. The van der Waals surface area contributed by atoms with E-state index >= 15 is 0 Å². The zero-order valence-corrected chi connectivity index (χ0v) is 9.67. The number of nitrogens with two attached hydrogens (primary N) is 1. The third-order valence-corrected chi connectivity index (χ3v) is 2.84. The van der Waals surface area contributed by atoms with Crippen molar-refractivity contribution in [1.82, 2.24) is 9.38 Å². The second-order valence-corrected chi connectivity index (χ2v) is 4.02. The molecule has 0 fully saturated rings. The van der Waals surface area contributed by atoms with E-state index < -0.39 is 0 Å². The van der Waals surface area contributed by atoms with Crippen LogP contribution in [0.1, 0.15) is 5.69 Å². The van der Waals surface area contributed by atoms with Crippen molar-refractivity contribution >= 4 is 11.4 Å². The van der Waals surface area contributed by atoms with Gasteiger partial charge in [0.25, 0.3) is 0 Å². The summed E-state index contributed by atoms with van der Waals surface area (Å²) in [6.45, 7) is 0. The Kier molecular flexibility index (Phi) is 2.34. The molecule has 0 aliphatic rings. The Bertz CT molecular complexity index is 713. The molecule has 0 amide bonds. The van der Waals surface area contributed by atoms with Crippen molar-refractivity contribution in [2.45, 2.75) is 0 Å². The normalized spacial score (nSPS) is 10.7. The van der Waals surface area contributed by atoms with E-state index in [4.69, 9.17) is 11.1 Å². The summed E-state index contributed by atoms with van der Waals surface area (Å²) in [6.07, 6.45) is 1.93. The van der Waals surface area contributed by atoms with Crippen LogP contribution in [-0.2, 0) is 0 Å². The number of pyridine rings is 1. The summed E-state index contributed by atoms with van der Waals surface area (Å²) in [7, 11) is 0. The zero-order chi connectivity index (χ0) is 12.5.